The van der Waals surface area contributed by atoms with Gasteiger partial charge in [0.15, 0.2) is 11.4 Å². The van der Waals surface area contributed by atoms with Crippen LogP contribution in [0.25, 0.3) is 56.7 Å². The summed E-state index contributed by atoms with van der Waals surface area (Å²) in [7, 11) is 1.54. The number of nitrogens with zero attached hydrogens (tertiary/aromatic N) is 10. The third-order valence-electron chi connectivity index (χ3n) is 8.96. The average molecular weight is 747 g/mol. The van der Waals surface area contributed by atoms with E-state index in [0.29, 0.717) is 45.7 Å². The molecule has 274 valence electrons. The zero-order valence-electron chi connectivity index (χ0n) is 29.5. The Bertz CT molecular complexity index is 2530. The molecule has 8 rings (SSSR count). The molecule has 0 aliphatic heterocycles. The molecule has 2 heterocycles. The van der Waals surface area contributed by atoms with E-state index in [4.69, 9.17) is 25.1 Å². The molecule has 0 aliphatic carbocycles. The fraction of sp³-hybridized carbons (Fsp3) is 0.0500. The van der Waals surface area contributed by atoms with Crippen LogP contribution in [0.1, 0.15) is 5.56 Å². The van der Waals surface area contributed by atoms with Gasteiger partial charge in [-0.05, 0) is 116 Å². The summed E-state index contributed by atoms with van der Waals surface area (Å²) < 4.78 is 5.89. The minimum absolute atomic E-state index is 0.0551. The highest BCUT2D eigenvalue weighted by molar-refractivity contribution is 5.69. The van der Waals surface area contributed by atoms with Crippen molar-refractivity contribution in [1.29, 1.82) is 0 Å². The molecule has 8 aromatic rings. The van der Waals surface area contributed by atoms with Crippen molar-refractivity contribution in [2.45, 2.75) is 6.61 Å². The molecule has 0 aliphatic rings. The van der Waals surface area contributed by atoms with E-state index in [0.717, 1.165) is 22.3 Å². The Morgan fingerprint density at radius 3 is 1.48 bits per heavy atom. The number of hydrogen-bond acceptors (Lipinski definition) is 10. The maximum Gasteiger partial charge on any atom is 0.340 e. The number of methoxy groups -OCH3 is 1. The topological polar surface area (TPSA) is 185 Å². The second kappa shape index (κ2) is 14.8. The van der Waals surface area contributed by atoms with Gasteiger partial charge in [-0.15, -0.1) is 0 Å². The fourth-order valence-corrected chi connectivity index (χ4v) is 6.14. The monoisotopic (exact) mass is 746 g/mol. The molecule has 0 spiro atoms. The number of non-ortho nitro benzene ring substituents is 2. The zero-order chi connectivity index (χ0) is 38.8. The number of tetrazole rings is 2. The lowest BCUT2D eigenvalue weighted by Gasteiger charge is -2.10. The third-order valence-corrected chi connectivity index (χ3v) is 8.96. The molecule has 0 amide bonds. The van der Waals surface area contributed by atoms with E-state index in [2.05, 4.69) is 0 Å². The summed E-state index contributed by atoms with van der Waals surface area (Å²) in [6.45, 7) is -0.338. The quantitative estimate of drug-likeness (QED) is 0.0975. The number of hydrogen-bond donors (Lipinski definition) is 1. The van der Waals surface area contributed by atoms with Gasteiger partial charge in [0.05, 0.1) is 44.9 Å². The third kappa shape index (κ3) is 6.70. The van der Waals surface area contributed by atoms with Gasteiger partial charge < -0.3 is 9.84 Å². The first-order valence-electron chi connectivity index (χ1n) is 17.1. The van der Waals surface area contributed by atoms with Crippen LogP contribution in [0.2, 0.25) is 0 Å². The van der Waals surface area contributed by atoms with E-state index >= 15 is 0 Å². The van der Waals surface area contributed by atoms with Gasteiger partial charge in [0.2, 0.25) is 5.69 Å². The lowest BCUT2D eigenvalue weighted by Crippen LogP contribution is -2.44. The van der Waals surface area contributed by atoms with Crippen LogP contribution in [-0.4, -0.2) is 52.1 Å². The van der Waals surface area contributed by atoms with Crippen LogP contribution in [0.15, 0.2) is 146 Å². The van der Waals surface area contributed by atoms with Crippen molar-refractivity contribution in [2.24, 2.45) is 0 Å². The van der Waals surface area contributed by atoms with Crippen LogP contribution < -0.4 is 14.3 Å². The highest BCUT2D eigenvalue weighted by Gasteiger charge is 2.28. The lowest BCUT2D eigenvalue weighted by molar-refractivity contribution is -0.735. The Morgan fingerprint density at radius 1 is 0.589 bits per heavy atom. The first-order valence-corrected chi connectivity index (χ1v) is 17.1. The summed E-state index contributed by atoms with van der Waals surface area (Å²) in [6.07, 6.45) is 0. The van der Waals surface area contributed by atoms with E-state index in [-0.39, 0.29) is 18.0 Å². The van der Waals surface area contributed by atoms with Gasteiger partial charge in [-0.1, -0.05) is 36.4 Å². The van der Waals surface area contributed by atoms with Crippen molar-refractivity contribution in [1.82, 2.24) is 30.0 Å². The Balaban J connectivity index is 1.20. The maximum atomic E-state index is 11.4. The Labute approximate surface area is 317 Å². The number of aliphatic hydroxyl groups excluding tert-OH is 1. The summed E-state index contributed by atoms with van der Waals surface area (Å²) in [4.78, 5) is 28.0. The van der Waals surface area contributed by atoms with Crippen molar-refractivity contribution in [3.63, 3.8) is 0 Å². The number of nitro benzene ring substituents is 2. The lowest BCUT2D eigenvalue weighted by atomic mass is 10.0. The largest absolute Gasteiger partial charge is 0.492 e. The van der Waals surface area contributed by atoms with Crippen LogP contribution in [0, 0.1) is 20.2 Å². The van der Waals surface area contributed by atoms with Crippen molar-refractivity contribution in [3.05, 3.63) is 171 Å². The Hall–Kier alpha value is -7.98. The van der Waals surface area contributed by atoms with Crippen molar-refractivity contribution >= 4 is 11.4 Å². The molecule has 1 N–H and O–H groups in total. The molecule has 0 bridgehead atoms. The van der Waals surface area contributed by atoms with Crippen molar-refractivity contribution in [3.8, 4) is 62.4 Å². The predicted octanol–water partition coefficient (Wildman–Crippen LogP) is 5.72. The summed E-state index contributed by atoms with van der Waals surface area (Å²) in [5, 5.41) is 52.5. The molecule has 0 radical (unpaired) electrons. The minimum Gasteiger partial charge on any atom is -0.492 e. The fourth-order valence-electron chi connectivity index (χ4n) is 6.14. The molecular formula is C40H30N10O6+2. The van der Waals surface area contributed by atoms with Gasteiger partial charge in [0, 0.05) is 39.4 Å². The maximum absolute atomic E-state index is 11.4. The molecule has 0 saturated heterocycles. The molecule has 56 heavy (non-hydrogen) atoms. The molecule has 16 nitrogen and oxygen atoms in total. The minimum atomic E-state index is -0.469. The molecule has 6 aromatic carbocycles. The van der Waals surface area contributed by atoms with E-state index in [1.807, 2.05) is 97.1 Å². The molecule has 0 saturated carbocycles. The molecule has 0 atom stereocenters. The second-order valence-corrected chi connectivity index (χ2v) is 12.4. The van der Waals surface area contributed by atoms with Crippen LogP contribution in [0.5, 0.6) is 5.75 Å². The second-order valence-electron chi connectivity index (χ2n) is 12.4. The molecule has 16 heteroatoms. The number of aromatic nitrogens is 8. The van der Waals surface area contributed by atoms with Gasteiger partial charge in [0.25, 0.3) is 11.4 Å². The van der Waals surface area contributed by atoms with Gasteiger partial charge in [-0.25, -0.2) is 0 Å². The van der Waals surface area contributed by atoms with Crippen LogP contribution in [0.4, 0.5) is 11.4 Å². The first kappa shape index (κ1) is 35.1. The number of rotatable bonds is 11. The summed E-state index contributed by atoms with van der Waals surface area (Å²) in [5.41, 5.74) is 5.61. The predicted molar refractivity (Wildman–Crippen MR) is 201 cm³/mol. The van der Waals surface area contributed by atoms with Crippen LogP contribution in [-0.2, 0) is 6.61 Å². The molecule has 0 fully saturated rings. The van der Waals surface area contributed by atoms with Gasteiger partial charge in [-0.3, -0.25) is 20.2 Å². The standard InChI is InChI=1S/C40H30N10O6/c1-56-38-25-30(13-23-37(38)48-44-40(28-10-6-3-7-11-28)42-46(48)33-16-20-35(21-17-33)50(54)55)29-12-22-36(31(24-29)26-51)47-43-39(27-8-4-2-5-9-27)41-45(47)32-14-18-34(19-15-32)49(52)53/h2-25,51H,26H2,1H3/q+2. The van der Waals surface area contributed by atoms with E-state index < -0.39 is 9.85 Å². The van der Waals surface area contributed by atoms with Crippen molar-refractivity contribution < 1.29 is 29.3 Å². The first-order chi connectivity index (χ1) is 27.3. The Kier molecular flexibility index (Phi) is 9.27. The summed E-state index contributed by atoms with van der Waals surface area (Å²) in [5.74, 6) is 1.29. The highest BCUT2D eigenvalue weighted by atomic mass is 16.6. The number of benzene rings is 6. The van der Waals surface area contributed by atoms with Gasteiger partial charge in [-0.2, -0.15) is 0 Å². The van der Waals surface area contributed by atoms with Crippen LogP contribution in [0.3, 0.4) is 0 Å². The number of ether oxygens (including phenoxy) is 1. The highest BCUT2D eigenvalue weighted by Crippen LogP contribution is 2.30. The molecule has 2 aromatic heterocycles. The summed E-state index contributed by atoms with van der Waals surface area (Å²) >= 11 is 0. The average Bonchev–Trinajstić information content (AvgIpc) is 3.90. The van der Waals surface area contributed by atoms with E-state index in [1.165, 1.54) is 29.1 Å². The number of nitro groups is 2. The van der Waals surface area contributed by atoms with Crippen LogP contribution >= 0.6 is 0 Å². The Morgan fingerprint density at radius 2 is 1.04 bits per heavy atom. The zero-order valence-corrected chi connectivity index (χ0v) is 29.5. The van der Waals surface area contributed by atoms with E-state index in [9.17, 15) is 25.3 Å². The normalized spacial score (nSPS) is 11.0. The summed E-state index contributed by atoms with van der Waals surface area (Å²) in [6, 6.07) is 41.9. The smallest absolute Gasteiger partial charge is 0.340 e. The van der Waals surface area contributed by atoms with E-state index in [1.54, 1.807) is 45.8 Å². The molecular weight excluding hydrogens is 717 g/mol. The molecule has 0 unspecified atom stereocenters. The van der Waals surface area contributed by atoms with Crippen molar-refractivity contribution in [2.75, 3.05) is 7.11 Å². The number of aliphatic hydroxyl groups is 1. The van der Waals surface area contributed by atoms with Gasteiger partial charge >= 0.3 is 11.6 Å². The van der Waals surface area contributed by atoms with Gasteiger partial charge in [0.1, 0.15) is 11.4 Å². The SMILES string of the molecule is COc1cc(-c2ccc(-[n+]3nc(-c4ccccc4)nn3-c3ccc([N+](=O)[O-])cc3)c(CO)c2)ccc1-[n+]1nc(-c2ccccc2)nn1-c1ccc([N+](=O)[O-])cc1.